The SMILES string of the molecule is CC[C@@H](C(=O)C(C)[C@@H](O)[C@H](C)CCc1ccc(C)c([O-])c1C(=O)O)C1OC(CC)(C2CC[C@](O)(CC)[C@H](C)O2)C[C@@H]1C. The summed E-state index contributed by atoms with van der Waals surface area (Å²) in [6.07, 6.45) is 3.21. The maximum absolute atomic E-state index is 13.9. The van der Waals surface area contributed by atoms with E-state index in [1.54, 1.807) is 26.0 Å². The second kappa shape index (κ2) is 13.7. The average molecular weight is 590 g/mol. The molecule has 4 unspecified atom stereocenters. The molecular formula is C34H53O8-. The molecule has 0 aliphatic carbocycles. The van der Waals surface area contributed by atoms with Crippen LogP contribution in [0, 0.1) is 30.6 Å². The molecule has 3 N–H and O–H groups in total. The zero-order valence-electron chi connectivity index (χ0n) is 26.8. The first-order valence-corrected chi connectivity index (χ1v) is 16.0. The second-order valence-corrected chi connectivity index (χ2v) is 13.2. The van der Waals surface area contributed by atoms with Crippen molar-refractivity contribution in [2.24, 2.45) is 23.7 Å². The zero-order chi connectivity index (χ0) is 31.6. The van der Waals surface area contributed by atoms with Crippen LogP contribution in [0.1, 0.15) is 115 Å². The Kier molecular flexibility index (Phi) is 11.3. The maximum Gasteiger partial charge on any atom is 0.335 e. The van der Waals surface area contributed by atoms with E-state index in [4.69, 9.17) is 9.47 Å². The number of hydrogen-bond donors (Lipinski definition) is 3. The first kappa shape index (κ1) is 34.5. The highest BCUT2D eigenvalue weighted by Gasteiger charge is 2.55. The molecule has 1 aromatic carbocycles. The summed E-state index contributed by atoms with van der Waals surface area (Å²) >= 11 is 0. The number of carboxylic acid groups (broad SMARTS) is 1. The molecule has 0 amide bonds. The quantitative estimate of drug-likeness (QED) is 0.285. The summed E-state index contributed by atoms with van der Waals surface area (Å²) in [6, 6.07) is 3.30. The van der Waals surface area contributed by atoms with Crippen LogP contribution in [0.2, 0.25) is 0 Å². The van der Waals surface area contributed by atoms with Crippen LogP contribution in [-0.4, -0.2) is 62.7 Å². The van der Waals surface area contributed by atoms with Crippen molar-refractivity contribution in [1.82, 2.24) is 0 Å². The Balaban J connectivity index is 1.69. The third kappa shape index (κ3) is 6.72. The van der Waals surface area contributed by atoms with Crippen molar-refractivity contribution in [1.29, 1.82) is 0 Å². The number of aromatic carboxylic acids is 1. The van der Waals surface area contributed by atoms with E-state index in [0.29, 0.717) is 49.7 Å². The molecule has 0 radical (unpaired) electrons. The molecule has 1 aromatic rings. The van der Waals surface area contributed by atoms with Crippen molar-refractivity contribution in [3.63, 3.8) is 0 Å². The monoisotopic (exact) mass is 589 g/mol. The Morgan fingerprint density at radius 2 is 1.81 bits per heavy atom. The van der Waals surface area contributed by atoms with Gasteiger partial charge in [0.15, 0.2) is 0 Å². The number of hydrogen-bond acceptors (Lipinski definition) is 7. The van der Waals surface area contributed by atoms with Crippen LogP contribution in [0.25, 0.3) is 0 Å². The minimum Gasteiger partial charge on any atom is -0.872 e. The molecule has 3 rings (SSSR count). The number of Topliss-reactive ketones (excluding diaryl/α,β-unsaturated/α-hetero) is 1. The fraction of sp³-hybridized carbons (Fsp3) is 0.765. The summed E-state index contributed by atoms with van der Waals surface area (Å²) in [5.74, 6) is -2.92. The van der Waals surface area contributed by atoms with Crippen LogP contribution in [0.5, 0.6) is 5.75 Å². The maximum atomic E-state index is 13.9. The summed E-state index contributed by atoms with van der Waals surface area (Å²) in [5, 5.41) is 44.1. The first-order valence-electron chi connectivity index (χ1n) is 16.0. The van der Waals surface area contributed by atoms with Gasteiger partial charge < -0.3 is 29.9 Å². The molecule has 2 aliphatic heterocycles. The van der Waals surface area contributed by atoms with Gasteiger partial charge in [0.2, 0.25) is 0 Å². The summed E-state index contributed by atoms with van der Waals surface area (Å²) in [6.45, 7) is 15.3. The first-order chi connectivity index (χ1) is 19.7. The number of carbonyl (C=O) groups is 2. The molecule has 2 fully saturated rings. The number of carboxylic acids is 1. The van der Waals surface area contributed by atoms with E-state index >= 15 is 0 Å². The normalized spacial score (nSPS) is 32.7. The Bertz CT molecular complexity index is 1100. The lowest BCUT2D eigenvalue weighted by atomic mass is 9.76. The number of aliphatic hydroxyl groups is 2. The van der Waals surface area contributed by atoms with E-state index in [9.17, 15) is 30.0 Å². The van der Waals surface area contributed by atoms with Gasteiger partial charge in [0.1, 0.15) is 5.78 Å². The number of ketones is 1. The number of rotatable bonds is 13. The molecular weight excluding hydrogens is 536 g/mol. The second-order valence-electron chi connectivity index (χ2n) is 13.2. The fourth-order valence-electron chi connectivity index (χ4n) is 7.43. The van der Waals surface area contributed by atoms with Crippen LogP contribution in [0.15, 0.2) is 12.1 Å². The highest BCUT2D eigenvalue weighted by atomic mass is 16.6. The van der Waals surface area contributed by atoms with Crippen molar-refractivity contribution >= 4 is 11.8 Å². The van der Waals surface area contributed by atoms with Gasteiger partial charge in [-0.05, 0) is 82.6 Å². The molecule has 2 heterocycles. The Morgan fingerprint density at radius 3 is 2.36 bits per heavy atom. The van der Waals surface area contributed by atoms with Crippen LogP contribution in [0.4, 0.5) is 0 Å². The van der Waals surface area contributed by atoms with Crippen molar-refractivity contribution in [3.05, 3.63) is 28.8 Å². The lowest BCUT2D eigenvalue weighted by Crippen LogP contribution is -2.55. The Labute approximate surface area is 251 Å². The van der Waals surface area contributed by atoms with Gasteiger partial charge in [-0.2, -0.15) is 0 Å². The Hall–Kier alpha value is -2.00. The van der Waals surface area contributed by atoms with E-state index in [-0.39, 0.29) is 47.4 Å². The van der Waals surface area contributed by atoms with E-state index in [2.05, 4.69) is 13.8 Å². The van der Waals surface area contributed by atoms with Crippen molar-refractivity contribution in [3.8, 4) is 5.75 Å². The minimum atomic E-state index is -1.25. The molecule has 42 heavy (non-hydrogen) atoms. The van der Waals surface area contributed by atoms with Crippen molar-refractivity contribution in [2.75, 3.05) is 0 Å². The third-order valence-electron chi connectivity index (χ3n) is 10.6. The van der Waals surface area contributed by atoms with Crippen LogP contribution in [0.3, 0.4) is 0 Å². The van der Waals surface area contributed by atoms with E-state index < -0.39 is 34.9 Å². The number of aryl methyl sites for hydroxylation is 2. The summed E-state index contributed by atoms with van der Waals surface area (Å²) < 4.78 is 13.2. The molecule has 8 heteroatoms. The summed E-state index contributed by atoms with van der Waals surface area (Å²) in [5.41, 5.74) is -0.730. The van der Waals surface area contributed by atoms with E-state index in [0.717, 1.165) is 12.8 Å². The van der Waals surface area contributed by atoms with Gasteiger partial charge in [0, 0.05) is 11.8 Å². The average Bonchev–Trinajstić information content (AvgIpc) is 3.31. The standard InChI is InChI=1S/C34H54O8/c1-9-25(31-21(6)18-34(11-3,42-31)26-16-17-33(40,10-2)23(8)41-26)30(37)22(7)28(35)19(4)12-14-24-15-13-20(5)29(36)27(24)32(38)39/h13,15,19,21-23,25-26,28,31,35-36,40H,9-12,14,16-18H2,1-8H3,(H,38,39)/p-1/t19-,21+,22?,23+,25+,26?,28+,31?,33-,34?/m1/s1. The molecule has 238 valence electrons. The van der Waals surface area contributed by atoms with Gasteiger partial charge in [0.25, 0.3) is 0 Å². The summed E-state index contributed by atoms with van der Waals surface area (Å²) in [7, 11) is 0. The molecule has 2 saturated heterocycles. The van der Waals surface area contributed by atoms with Crippen molar-refractivity contribution < 1.29 is 39.5 Å². The Morgan fingerprint density at radius 1 is 1.14 bits per heavy atom. The number of ether oxygens (including phenoxy) is 2. The lowest BCUT2D eigenvalue weighted by molar-refractivity contribution is -0.269. The fourth-order valence-corrected chi connectivity index (χ4v) is 7.43. The highest BCUT2D eigenvalue weighted by molar-refractivity contribution is 5.92. The van der Waals surface area contributed by atoms with Gasteiger partial charge in [-0.3, -0.25) is 4.79 Å². The molecule has 0 bridgehead atoms. The predicted octanol–water partition coefficient (Wildman–Crippen LogP) is 5.21. The summed E-state index contributed by atoms with van der Waals surface area (Å²) in [4.78, 5) is 25.6. The van der Waals surface area contributed by atoms with Crippen molar-refractivity contribution in [2.45, 2.75) is 142 Å². The molecule has 0 saturated carbocycles. The molecule has 0 aromatic heterocycles. The lowest BCUT2D eigenvalue weighted by Gasteiger charge is -2.47. The number of aliphatic hydroxyl groups excluding tert-OH is 1. The highest BCUT2D eigenvalue weighted by Crippen LogP contribution is 2.48. The van der Waals surface area contributed by atoms with E-state index in [1.165, 1.54) is 0 Å². The number of carbonyl (C=O) groups excluding carboxylic acids is 1. The molecule has 2 aliphatic rings. The van der Waals surface area contributed by atoms with Gasteiger partial charge in [0.05, 0.1) is 41.2 Å². The third-order valence-corrected chi connectivity index (χ3v) is 10.6. The largest absolute Gasteiger partial charge is 0.872 e. The minimum absolute atomic E-state index is 0.0257. The van der Waals surface area contributed by atoms with Gasteiger partial charge in [-0.25, -0.2) is 4.79 Å². The van der Waals surface area contributed by atoms with E-state index in [1.807, 2.05) is 27.7 Å². The van der Waals surface area contributed by atoms with Gasteiger partial charge >= 0.3 is 5.97 Å². The van der Waals surface area contributed by atoms with Gasteiger partial charge in [-0.15, -0.1) is 0 Å². The predicted molar refractivity (Wildman–Crippen MR) is 160 cm³/mol. The molecule has 10 atom stereocenters. The molecule has 8 nitrogen and oxygen atoms in total. The smallest absolute Gasteiger partial charge is 0.335 e. The zero-order valence-corrected chi connectivity index (χ0v) is 26.8. The van der Waals surface area contributed by atoms with Gasteiger partial charge in [-0.1, -0.05) is 65.0 Å². The topological polar surface area (TPSA) is 136 Å². The van der Waals surface area contributed by atoms with Crippen LogP contribution < -0.4 is 5.11 Å². The molecule has 0 spiro atoms. The van der Waals surface area contributed by atoms with Crippen LogP contribution >= 0.6 is 0 Å². The number of benzene rings is 1. The van der Waals surface area contributed by atoms with Crippen LogP contribution in [-0.2, 0) is 20.7 Å².